The summed E-state index contributed by atoms with van der Waals surface area (Å²) in [4.78, 5) is 11.7. The molecule has 0 bridgehead atoms. The van der Waals surface area contributed by atoms with Crippen LogP contribution in [0.2, 0.25) is 0 Å². The van der Waals surface area contributed by atoms with Crippen molar-refractivity contribution in [1.82, 2.24) is 15.5 Å². The SMILES string of the molecule is O=C(NC1CCCCCC1O)c1cn[nH]c1. The highest BCUT2D eigenvalue weighted by Gasteiger charge is 2.23. The van der Waals surface area contributed by atoms with E-state index in [1.54, 1.807) is 6.20 Å². The van der Waals surface area contributed by atoms with E-state index in [1.807, 2.05) is 0 Å². The lowest BCUT2D eigenvalue weighted by atomic mass is 10.1. The van der Waals surface area contributed by atoms with Gasteiger partial charge >= 0.3 is 0 Å². The first-order valence-electron chi connectivity index (χ1n) is 5.75. The van der Waals surface area contributed by atoms with Gasteiger partial charge in [0, 0.05) is 6.20 Å². The van der Waals surface area contributed by atoms with E-state index in [9.17, 15) is 9.90 Å². The molecular formula is C11H17N3O2. The van der Waals surface area contributed by atoms with Gasteiger partial charge in [-0.1, -0.05) is 19.3 Å². The Hall–Kier alpha value is -1.36. The molecule has 1 aromatic rings. The molecule has 5 nitrogen and oxygen atoms in total. The van der Waals surface area contributed by atoms with Crippen LogP contribution in [-0.2, 0) is 0 Å². The van der Waals surface area contributed by atoms with Crippen molar-refractivity contribution in [3.8, 4) is 0 Å². The molecule has 88 valence electrons. The van der Waals surface area contributed by atoms with E-state index in [1.165, 1.54) is 6.20 Å². The molecule has 0 saturated heterocycles. The van der Waals surface area contributed by atoms with Crippen molar-refractivity contribution in [2.24, 2.45) is 0 Å². The number of H-pyrrole nitrogens is 1. The minimum absolute atomic E-state index is 0.120. The van der Waals surface area contributed by atoms with Gasteiger partial charge < -0.3 is 10.4 Å². The molecule has 1 amide bonds. The number of carbonyl (C=O) groups is 1. The predicted octanol–water partition coefficient (Wildman–Crippen LogP) is 0.833. The van der Waals surface area contributed by atoms with Crippen LogP contribution < -0.4 is 5.32 Å². The topological polar surface area (TPSA) is 78.0 Å². The van der Waals surface area contributed by atoms with Crippen LogP contribution in [0.3, 0.4) is 0 Å². The fourth-order valence-corrected chi connectivity index (χ4v) is 2.08. The van der Waals surface area contributed by atoms with E-state index in [4.69, 9.17) is 0 Å². The summed E-state index contributed by atoms with van der Waals surface area (Å²) in [5.74, 6) is -0.167. The molecule has 1 saturated carbocycles. The molecule has 1 fully saturated rings. The number of nitrogens with one attached hydrogen (secondary N) is 2. The van der Waals surface area contributed by atoms with Crippen molar-refractivity contribution in [3.63, 3.8) is 0 Å². The number of hydrogen-bond acceptors (Lipinski definition) is 3. The molecule has 3 N–H and O–H groups in total. The monoisotopic (exact) mass is 223 g/mol. The van der Waals surface area contributed by atoms with Crippen LogP contribution in [0.4, 0.5) is 0 Å². The Labute approximate surface area is 94.2 Å². The van der Waals surface area contributed by atoms with Crippen LogP contribution in [0.5, 0.6) is 0 Å². The number of aromatic amines is 1. The number of aliphatic hydroxyl groups excluding tert-OH is 1. The van der Waals surface area contributed by atoms with Gasteiger partial charge in [0.25, 0.3) is 5.91 Å². The van der Waals surface area contributed by atoms with Gasteiger partial charge in [0.1, 0.15) is 0 Å². The third kappa shape index (κ3) is 2.61. The Morgan fingerprint density at radius 2 is 2.25 bits per heavy atom. The third-order valence-electron chi connectivity index (χ3n) is 3.06. The van der Waals surface area contributed by atoms with Gasteiger partial charge in [-0.15, -0.1) is 0 Å². The van der Waals surface area contributed by atoms with Crippen LogP contribution in [0.1, 0.15) is 42.5 Å². The van der Waals surface area contributed by atoms with E-state index >= 15 is 0 Å². The van der Waals surface area contributed by atoms with Gasteiger partial charge in [-0.3, -0.25) is 9.89 Å². The lowest BCUT2D eigenvalue weighted by Crippen LogP contribution is -2.42. The fourth-order valence-electron chi connectivity index (χ4n) is 2.08. The molecule has 16 heavy (non-hydrogen) atoms. The number of aromatic nitrogens is 2. The summed E-state index contributed by atoms with van der Waals surface area (Å²) < 4.78 is 0. The maximum Gasteiger partial charge on any atom is 0.254 e. The van der Waals surface area contributed by atoms with Crippen molar-refractivity contribution in [1.29, 1.82) is 0 Å². The molecule has 0 radical (unpaired) electrons. The molecule has 1 aliphatic rings. The average molecular weight is 223 g/mol. The van der Waals surface area contributed by atoms with Crippen molar-refractivity contribution in [2.75, 3.05) is 0 Å². The zero-order valence-corrected chi connectivity index (χ0v) is 9.15. The normalized spacial score (nSPS) is 26.1. The highest BCUT2D eigenvalue weighted by Crippen LogP contribution is 2.18. The fraction of sp³-hybridized carbons (Fsp3) is 0.636. The van der Waals surface area contributed by atoms with Crippen molar-refractivity contribution >= 4 is 5.91 Å². The molecule has 1 aromatic heterocycles. The molecule has 0 spiro atoms. The first-order chi connectivity index (χ1) is 7.77. The molecule has 1 aliphatic carbocycles. The maximum atomic E-state index is 11.7. The largest absolute Gasteiger partial charge is 0.391 e. The summed E-state index contributed by atoms with van der Waals surface area (Å²) in [5.41, 5.74) is 0.511. The van der Waals surface area contributed by atoms with E-state index in [-0.39, 0.29) is 11.9 Å². The molecule has 0 aromatic carbocycles. The Balaban J connectivity index is 1.95. The van der Waals surface area contributed by atoms with Crippen LogP contribution in [-0.4, -0.2) is 33.4 Å². The second kappa shape index (κ2) is 5.12. The summed E-state index contributed by atoms with van der Waals surface area (Å²) in [5, 5.41) is 19.0. The standard InChI is InChI=1S/C11H17N3O2/c15-10-5-3-1-2-4-9(10)14-11(16)8-6-12-13-7-8/h6-7,9-10,15H,1-5H2,(H,12,13)(H,14,16). The summed E-state index contributed by atoms with van der Waals surface area (Å²) in [7, 11) is 0. The number of hydrogen-bond donors (Lipinski definition) is 3. The number of amides is 1. The maximum absolute atomic E-state index is 11.7. The van der Waals surface area contributed by atoms with Gasteiger partial charge in [0.15, 0.2) is 0 Å². The van der Waals surface area contributed by atoms with Gasteiger partial charge in [0.05, 0.1) is 23.9 Å². The number of carbonyl (C=O) groups excluding carboxylic acids is 1. The lowest BCUT2D eigenvalue weighted by molar-refractivity contribution is 0.0819. The van der Waals surface area contributed by atoms with Crippen LogP contribution >= 0.6 is 0 Å². The average Bonchev–Trinajstić information content (AvgIpc) is 2.73. The molecule has 0 aliphatic heterocycles. The van der Waals surface area contributed by atoms with E-state index in [0.717, 1.165) is 32.1 Å². The third-order valence-corrected chi connectivity index (χ3v) is 3.06. The summed E-state index contributed by atoms with van der Waals surface area (Å²) >= 11 is 0. The molecule has 2 atom stereocenters. The van der Waals surface area contributed by atoms with Crippen molar-refractivity contribution in [2.45, 2.75) is 44.2 Å². The lowest BCUT2D eigenvalue weighted by Gasteiger charge is -2.21. The van der Waals surface area contributed by atoms with Crippen LogP contribution in [0.25, 0.3) is 0 Å². The van der Waals surface area contributed by atoms with E-state index in [2.05, 4.69) is 15.5 Å². The Bertz CT molecular complexity index is 337. The highest BCUT2D eigenvalue weighted by molar-refractivity contribution is 5.93. The molecule has 5 heteroatoms. The zero-order chi connectivity index (χ0) is 11.4. The van der Waals surface area contributed by atoms with Gasteiger partial charge in [-0.2, -0.15) is 5.10 Å². The van der Waals surface area contributed by atoms with E-state index in [0.29, 0.717) is 5.56 Å². The quantitative estimate of drug-likeness (QED) is 0.650. The summed E-state index contributed by atoms with van der Waals surface area (Å²) in [6.45, 7) is 0. The van der Waals surface area contributed by atoms with E-state index < -0.39 is 6.10 Å². The molecule has 1 heterocycles. The van der Waals surface area contributed by atoms with Gasteiger partial charge in [0.2, 0.25) is 0 Å². The van der Waals surface area contributed by atoms with Crippen LogP contribution in [0, 0.1) is 0 Å². The summed E-state index contributed by atoms with van der Waals surface area (Å²) in [6.07, 6.45) is 7.48. The smallest absolute Gasteiger partial charge is 0.254 e. The predicted molar refractivity (Wildman–Crippen MR) is 58.9 cm³/mol. The Kier molecular flexibility index (Phi) is 3.56. The Morgan fingerprint density at radius 3 is 3.00 bits per heavy atom. The Morgan fingerprint density at radius 1 is 1.44 bits per heavy atom. The molecule has 2 unspecified atom stereocenters. The number of aliphatic hydroxyl groups is 1. The van der Waals surface area contributed by atoms with Crippen LogP contribution in [0.15, 0.2) is 12.4 Å². The molecule has 2 rings (SSSR count). The highest BCUT2D eigenvalue weighted by atomic mass is 16.3. The first-order valence-corrected chi connectivity index (χ1v) is 5.75. The van der Waals surface area contributed by atoms with Gasteiger partial charge in [-0.05, 0) is 12.8 Å². The number of nitrogens with zero attached hydrogens (tertiary/aromatic N) is 1. The second-order valence-electron chi connectivity index (χ2n) is 4.27. The zero-order valence-electron chi connectivity index (χ0n) is 9.15. The minimum Gasteiger partial charge on any atom is -0.391 e. The molecular weight excluding hydrogens is 206 g/mol. The first kappa shape index (κ1) is 11.1. The minimum atomic E-state index is -0.418. The second-order valence-corrected chi connectivity index (χ2v) is 4.27. The van der Waals surface area contributed by atoms with Crippen molar-refractivity contribution in [3.05, 3.63) is 18.0 Å². The summed E-state index contributed by atoms with van der Waals surface area (Å²) in [6, 6.07) is -0.120. The van der Waals surface area contributed by atoms with Crippen molar-refractivity contribution < 1.29 is 9.90 Å². The van der Waals surface area contributed by atoms with Gasteiger partial charge in [-0.25, -0.2) is 0 Å². The number of rotatable bonds is 2.